The van der Waals surface area contributed by atoms with E-state index in [1.165, 1.54) is 16.6 Å². The monoisotopic (exact) mass is 408 g/mol. The van der Waals surface area contributed by atoms with Gasteiger partial charge in [0.2, 0.25) is 10.0 Å². The van der Waals surface area contributed by atoms with Gasteiger partial charge in [0.25, 0.3) is 0 Å². The molecular formula is C16H23F3N4O3S. The Morgan fingerprint density at radius 2 is 2.00 bits per heavy atom. The van der Waals surface area contributed by atoms with E-state index in [-0.39, 0.29) is 0 Å². The number of hydrazine groups is 1. The molecule has 2 aliphatic rings. The molecule has 7 nitrogen and oxygen atoms in total. The minimum atomic E-state index is -3.82. The summed E-state index contributed by atoms with van der Waals surface area (Å²) in [5, 5.41) is 0. The van der Waals surface area contributed by atoms with E-state index in [0.717, 1.165) is 5.57 Å². The van der Waals surface area contributed by atoms with Gasteiger partial charge in [-0.2, -0.15) is 13.1 Å². The van der Waals surface area contributed by atoms with Crippen molar-refractivity contribution in [2.45, 2.75) is 13.0 Å². The Morgan fingerprint density at radius 3 is 2.56 bits per heavy atom. The van der Waals surface area contributed by atoms with Crippen LogP contribution in [0.1, 0.15) is 6.92 Å². The molecule has 0 saturated carbocycles. The maximum absolute atomic E-state index is 12.9. The zero-order chi connectivity index (χ0) is 20.1. The van der Waals surface area contributed by atoms with Gasteiger partial charge in [-0.1, -0.05) is 5.92 Å². The molecule has 27 heavy (non-hydrogen) atoms. The van der Waals surface area contributed by atoms with E-state index in [0.29, 0.717) is 44.1 Å². The van der Waals surface area contributed by atoms with Crippen molar-refractivity contribution in [1.82, 2.24) is 20.1 Å². The molecule has 11 heteroatoms. The number of alkyl halides is 3. The van der Waals surface area contributed by atoms with Crippen LogP contribution in [0.15, 0.2) is 23.0 Å². The lowest BCUT2D eigenvalue weighted by Crippen LogP contribution is -2.48. The lowest BCUT2D eigenvalue weighted by Gasteiger charge is -2.35. The van der Waals surface area contributed by atoms with Crippen LogP contribution in [-0.2, 0) is 14.8 Å². The van der Waals surface area contributed by atoms with Crippen molar-refractivity contribution < 1.29 is 26.3 Å². The van der Waals surface area contributed by atoms with Crippen LogP contribution in [0.4, 0.5) is 13.2 Å². The van der Waals surface area contributed by atoms with E-state index in [1.54, 1.807) is 6.92 Å². The molecule has 0 atom stereocenters. The minimum Gasteiger partial charge on any atom is -0.362 e. The number of piperazine rings is 1. The number of ether oxygens (including phenoxy) is 1. The summed E-state index contributed by atoms with van der Waals surface area (Å²) in [7, 11) is -3.25. The van der Waals surface area contributed by atoms with Crippen molar-refractivity contribution in [3.63, 3.8) is 0 Å². The van der Waals surface area contributed by atoms with E-state index < -0.39 is 29.4 Å². The van der Waals surface area contributed by atoms with Gasteiger partial charge in [0.15, 0.2) is 6.67 Å². The molecule has 2 aliphatic heterocycles. The molecule has 2 heterocycles. The molecule has 0 aliphatic carbocycles. The van der Waals surface area contributed by atoms with Crippen molar-refractivity contribution in [1.29, 1.82) is 0 Å². The predicted octanol–water partition coefficient (Wildman–Crippen LogP) is 0.412. The average molecular weight is 408 g/mol. The third-order valence-electron chi connectivity index (χ3n) is 4.10. The predicted molar refractivity (Wildman–Crippen MR) is 94.6 cm³/mol. The normalized spacial score (nSPS) is 22.4. The van der Waals surface area contributed by atoms with Gasteiger partial charge in [0.1, 0.15) is 0 Å². The summed E-state index contributed by atoms with van der Waals surface area (Å²) in [6.45, 7) is 1.33. The van der Waals surface area contributed by atoms with Crippen molar-refractivity contribution in [2.75, 3.05) is 52.3 Å². The highest BCUT2D eigenvalue weighted by molar-refractivity contribution is 7.88. The summed E-state index contributed by atoms with van der Waals surface area (Å²) < 4.78 is 66.8. The van der Waals surface area contributed by atoms with Gasteiger partial charge in [-0.15, -0.1) is 0 Å². The Labute approximate surface area is 157 Å². The molecule has 0 spiro atoms. The molecule has 0 aromatic heterocycles. The van der Waals surface area contributed by atoms with Gasteiger partial charge in [0.05, 0.1) is 24.3 Å². The quantitative estimate of drug-likeness (QED) is 0.621. The van der Waals surface area contributed by atoms with Crippen LogP contribution in [-0.4, -0.2) is 76.0 Å². The van der Waals surface area contributed by atoms with Crippen molar-refractivity contribution in [3.05, 3.63) is 23.0 Å². The summed E-state index contributed by atoms with van der Waals surface area (Å²) in [5.41, 5.74) is 7.72. The molecule has 0 amide bonds. The fourth-order valence-electron chi connectivity index (χ4n) is 2.78. The standard InChI is InChI=1S/C16H23F3N4O3S/c1-3-4-15(22-6-8-23(9-7-22)27(2,24)25)13-11-20-21-14(13)5-10-26-16(18,19)12-17/h5,20-21H,6-12H2,1-2H3/b14-5+,15-13+. The van der Waals surface area contributed by atoms with Crippen LogP contribution in [0, 0.1) is 11.8 Å². The van der Waals surface area contributed by atoms with Crippen LogP contribution >= 0.6 is 0 Å². The van der Waals surface area contributed by atoms with Crippen molar-refractivity contribution in [3.8, 4) is 11.8 Å². The number of hydrogen-bond acceptors (Lipinski definition) is 6. The Bertz CT molecular complexity index is 764. The lowest BCUT2D eigenvalue weighted by molar-refractivity contribution is -0.239. The summed E-state index contributed by atoms with van der Waals surface area (Å²) in [6.07, 6.45) is -1.25. The summed E-state index contributed by atoms with van der Waals surface area (Å²) in [4.78, 5) is 1.97. The first-order chi connectivity index (χ1) is 12.7. The molecule has 2 saturated heterocycles. The number of hydrogen-bond donors (Lipinski definition) is 2. The smallest absolute Gasteiger partial charge is 0.362 e. The van der Waals surface area contributed by atoms with Gasteiger partial charge < -0.3 is 15.1 Å². The maximum Gasteiger partial charge on any atom is 0.384 e. The molecule has 0 aromatic carbocycles. The van der Waals surface area contributed by atoms with E-state index in [2.05, 4.69) is 27.4 Å². The zero-order valence-corrected chi connectivity index (χ0v) is 16.0. The largest absolute Gasteiger partial charge is 0.384 e. The average Bonchev–Trinajstić information content (AvgIpc) is 3.07. The maximum atomic E-state index is 12.9. The number of halogens is 3. The number of nitrogens with one attached hydrogen (secondary N) is 2. The molecule has 0 unspecified atom stereocenters. The highest BCUT2D eigenvalue weighted by Gasteiger charge is 2.30. The third-order valence-corrected chi connectivity index (χ3v) is 5.41. The molecule has 2 N–H and O–H groups in total. The SMILES string of the molecule is CC#C/C(=C1/CNN/C1=C/COC(F)(F)CF)N1CCN(S(C)(=O)=O)CC1. The number of nitrogens with zero attached hydrogens (tertiary/aromatic N) is 2. The topological polar surface area (TPSA) is 73.9 Å². The molecular weight excluding hydrogens is 385 g/mol. The van der Waals surface area contributed by atoms with Crippen LogP contribution in [0.3, 0.4) is 0 Å². The van der Waals surface area contributed by atoms with Crippen molar-refractivity contribution in [2.24, 2.45) is 0 Å². The Balaban J connectivity index is 2.17. The molecule has 0 bridgehead atoms. The van der Waals surface area contributed by atoms with Crippen LogP contribution in [0.2, 0.25) is 0 Å². The summed E-state index contributed by atoms with van der Waals surface area (Å²) in [5.74, 6) is 5.84. The number of rotatable bonds is 6. The van der Waals surface area contributed by atoms with Crippen LogP contribution < -0.4 is 10.9 Å². The van der Waals surface area contributed by atoms with Gasteiger partial charge in [0, 0.05) is 38.3 Å². The first-order valence-electron chi connectivity index (χ1n) is 8.31. The van der Waals surface area contributed by atoms with Crippen LogP contribution in [0.5, 0.6) is 0 Å². The Morgan fingerprint density at radius 1 is 1.33 bits per heavy atom. The van der Waals surface area contributed by atoms with Gasteiger partial charge in [-0.25, -0.2) is 18.2 Å². The molecule has 0 radical (unpaired) electrons. The second kappa shape index (κ2) is 8.97. The number of allylic oxidation sites excluding steroid dienone is 1. The highest BCUT2D eigenvalue weighted by atomic mass is 32.2. The second-order valence-corrected chi connectivity index (χ2v) is 8.01. The number of sulfonamides is 1. The summed E-state index contributed by atoms with van der Waals surface area (Å²) in [6, 6.07) is 0. The third kappa shape index (κ3) is 5.87. The minimum absolute atomic E-state index is 0.340. The Hall–Kier alpha value is -1.74. The summed E-state index contributed by atoms with van der Waals surface area (Å²) >= 11 is 0. The molecule has 2 rings (SSSR count). The second-order valence-electron chi connectivity index (χ2n) is 6.03. The fourth-order valence-corrected chi connectivity index (χ4v) is 3.60. The lowest BCUT2D eigenvalue weighted by atomic mass is 10.1. The zero-order valence-electron chi connectivity index (χ0n) is 15.2. The Kier molecular flexibility index (Phi) is 7.16. The van der Waals surface area contributed by atoms with E-state index >= 15 is 0 Å². The van der Waals surface area contributed by atoms with E-state index in [4.69, 9.17) is 0 Å². The molecule has 152 valence electrons. The van der Waals surface area contributed by atoms with E-state index in [9.17, 15) is 21.6 Å². The van der Waals surface area contributed by atoms with Crippen molar-refractivity contribution >= 4 is 10.0 Å². The first kappa shape index (κ1) is 21.6. The molecule has 2 fully saturated rings. The first-order valence-corrected chi connectivity index (χ1v) is 10.2. The van der Waals surface area contributed by atoms with Crippen LogP contribution in [0.25, 0.3) is 0 Å². The highest BCUT2D eigenvalue weighted by Crippen LogP contribution is 2.22. The van der Waals surface area contributed by atoms with Gasteiger partial charge in [-0.3, -0.25) is 0 Å². The fraction of sp³-hybridized carbons (Fsp3) is 0.625. The van der Waals surface area contributed by atoms with E-state index in [1.807, 2.05) is 4.90 Å². The van der Waals surface area contributed by atoms with Gasteiger partial charge in [-0.05, 0) is 18.9 Å². The van der Waals surface area contributed by atoms with Gasteiger partial charge >= 0.3 is 6.11 Å². The molecule has 0 aromatic rings.